The van der Waals surface area contributed by atoms with E-state index in [4.69, 9.17) is 5.73 Å². The highest BCUT2D eigenvalue weighted by molar-refractivity contribution is 5.98. The highest BCUT2D eigenvalue weighted by atomic mass is 14.9. The molecule has 2 heteroatoms. The van der Waals surface area contributed by atoms with Crippen LogP contribution in [-0.4, -0.2) is 12.4 Å². The molecule has 0 saturated carbocycles. The first-order valence-corrected chi connectivity index (χ1v) is 7.61. The van der Waals surface area contributed by atoms with E-state index in [1.807, 2.05) is 6.08 Å². The van der Waals surface area contributed by atoms with E-state index in [1.54, 1.807) is 0 Å². The normalized spacial score (nSPS) is 25.1. The molecule has 3 rings (SSSR count). The van der Waals surface area contributed by atoms with Crippen LogP contribution in [0.5, 0.6) is 0 Å². The molecular weight excluding hydrogens is 256 g/mol. The first-order valence-electron chi connectivity index (χ1n) is 7.61. The topological polar surface area (TPSA) is 38.4 Å². The Labute approximate surface area is 126 Å². The van der Waals surface area contributed by atoms with Crippen molar-refractivity contribution in [3.8, 4) is 0 Å². The number of nitrogens with zero attached hydrogens (tertiary/aromatic N) is 1. The lowest BCUT2D eigenvalue weighted by atomic mass is 9.70. The SMILES string of the molecule is C=CC1=C(/C=C\C)C2(CCN=C2N)c2ccccc2CC1. The van der Waals surface area contributed by atoms with Crippen LogP contribution in [0, 0.1) is 0 Å². The van der Waals surface area contributed by atoms with E-state index in [9.17, 15) is 0 Å². The number of aryl methyl sites for hydroxylation is 1. The van der Waals surface area contributed by atoms with Crippen LogP contribution < -0.4 is 5.73 Å². The Kier molecular flexibility index (Phi) is 3.54. The van der Waals surface area contributed by atoms with Gasteiger partial charge in [-0.25, -0.2) is 0 Å². The second-order valence-corrected chi connectivity index (χ2v) is 5.72. The third kappa shape index (κ3) is 1.98. The van der Waals surface area contributed by atoms with Crippen LogP contribution in [0.2, 0.25) is 0 Å². The molecule has 1 heterocycles. The Bertz CT molecular complexity index is 664. The first kappa shape index (κ1) is 13.9. The maximum atomic E-state index is 6.41. The molecule has 2 aliphatic rings. The number of fused-ring (bicyclic) bond motifs is 2. The Morgan fingerprint density at radius 2 is 2.10 bits per heavy atom. The van der Waals surface area contributed by atoms with Crippen molar-refractivity contribution in [1.29, 1.82) is 0 Å². The van der Waals surface area contributed by atoms with E-state index in [-0.39, 0.29) is 5.41 Å². The van der Waals surface area contributed by atoms with Crippen molar-refractivity contribution in [2.45, 2.75) is 31.6 Å². The number of amidine groups is 1. The van der Waals surface area contributed by atoms with Gasteiger partial charge >= 0.3 is 0 Å². The largest absolute Gasteiger partial charge is 0.386 e. The van der Waals surface area contributed by atoms with Crippen molar-refractivity contribution >= 4 is 5.84 Å². The molecule has 0 radical (unpaired) electrons. The van der Waals surface area contributed by atoms with Gasteiger partial charge in [-0.1, -0.05) is 49.1 Å². The molecule has 1 unspecified atom stereocenters. The summed E-state index contributed by atoms with van der Waals surface area (Å²) in [5, 5.41) is 0. The molecule has 1 aliphatic heterocycles. The monoisotopic (exact) mass is 278 g/mol. The summed E-state index contributed by atoms with van der Waals surface area (Å²) in [6.45, 7) is 6.88. The summed E-state index contributed by atoms with van der Waals surface area (Å²) in [5.41, 5.74) is 11.4. The number of hydrogen-bond donors (Lipinski definition) is 1. The van der Waals surface area contributed by atoms with Gasteiger partial charge < -0.3 is 5.73 Å². The lowest BCUT2D eigenvalue weighted by Gasteiger charge is -2.33. The van der Waals surface area contributed by atoms with E-state index >= 15 is 0 Å². The van der Waals surface area contributed by atoms with Crippen LogP contribution >= 0.6 is 0 Å². The fraction of sp³-hybridized carbons (Fsp3) is 0.316. The molecule has 0 bridgehead atoms. The van der Waals surface area contributed by atoms with E-state index in [0.29, 0.717) is 0 Å². The summed E-state index contributed by atoms with van der Waals surface area (Å²) < 4.78 is 0. The maximum absolute atomic E-state index is 6.41. The highest BCUT2D eigenvalue weighted by Gasteiger charge is 2.45. The van der Waals surface area contributed by atoms with Crippen LogP contribution in [0.4, 0.5) is 0 Å². The van der Waals surface area contributed by atoms with E-state index in [1.165, 1.54) is 22.3 Å². The Morgan fingerprint density at radius 1 is 1.29 bits per heavy atom. The molecule has 1 spiro atoms. The molecule has 0 amide bonds. The number of hydrogen-bond acceptors (Lipinski definition) is 2. The number of rotatable bonds is 2. The third-order valence-electron chi connectivity index (χ3n) is 4.73. The molecule has 1 aromatic rings. The molecule has 2 nitrogen and oxygen atoms in total. The zero-order valence-corrected chi connectivity index (χ0v) is 12.6. The molecule has 1 aromatic carbocycles. The molecule has 108 valence electrons. The van der Waals surface area contributed by atoms with E-state index in [2.05, 4.69) is 54.9 Å². The van der Waals surface area contributed by atoms with Gasteiger partial charge in [-0.15, -0.1) is 0 Å². The Hall–Kier alpha value is -2.09. The minimum Gasteiger partial charge on any atom is -0.386 e. The number of allylic oxidation sites excluding steroid dienone is 4. The maximum Gasteiger partial charge on any atom is 0.109 e. The summed E-state index contributed by atoms with van der Waals surface area (Å²) in [5.74, 6) is 0.754. The average Bonchev–Trinajstić information content (AvgIpc) is 2.82. The van der Waals surface area contributed by atoms with Crippen LogP contribution in [0.1, 0.15) is 30.9 Å². The van der Waals surface area contributed by atoms with Gasteiger partial charge in [0, 0.05) is 6.54 Å². The second-order valence-electron chi connectivity index (χ2n) is 5.72. The van der Waals surface area contributed by atoms with Crippen LogP contribution in [0.15, 0.2) is 65.2 Å². The van der Waals surface area contributed by atoms with Gasteiger partial charge in [0.25, 0.3) is 0 Å². The second kappa shape index (κ2) is 5.36. The number of aliphatic imine (C=N–C) groups is 1. The zero-order chi connectivity index (χ0) is 14.9. The Balaban J connectivity index is 2.35. The number of nitrogens with two attached hydrogens (primary N) is 1. The third-order valence-corrected chi connectivity index (χ3v) is 4.73. The van der Waals surface area contributed by atoms with Crippen molar-refractivity contribution in [3.63, 3.8) is 0 Å². The number of benzene rings is 1. The molecule has 1 aliphatic carbocycles. The summed E-state index contributed by atoms with van der Waals surface area (Å²) >= 11 is 0. The molecule has 0 saturated heterocycles. The van der Waals surface area contributed by atoms with Crippen molar-refractivity contribution in [1.82, 2.24) is 0 Å². The van der Waals surface area contributed by atoms with Gasteiger partial charge in [0.05, 0.1) is 5.41 Å². The molecule has 21 heavy (non-hydrogen) atoms. The minimum atomic E-state index is -0.261. The van der Waals surface area contributed by atoms with Crippen molar-refractivity contribution < 1.29 is 0 Å². The summed E-state index contributed by atoms with van der Waals surface area (Å²) in [7, 11) is 0. The highest BCUT2D eigenvalue weighted by Crippen LogP contribution is 2.46. The van der Waals surface area contributed by atoms with Gasteiger partial charge in [0.2, 0.25) is 0 Å². The first-order chi connectivity index (χ1) is 10.2. The molecule has 2 N–H and O–H groups in total. The fourth-order valence-corrected chi connectivity index (χ4v) is 3.76. The van der Waals surface area contributed by atoms with Gasteiger partial charge in [-0.3, -0.25) is 4.99 Å². The lowest BCUT2D eigenvalue weighted by Crippen LogP contribution is -2.40. The summed E-state index contributed by atoms with van der Waals surface area (Å²) in [6.07, 6.45) is 9.29. The predicted octanol–water partition coefficient (Wildman–Crippen LogP) is 3.69. The fourth-order valence-electron chi connectivity index (χ4n) is 3.76. The van der Waals surface area contributed by atoms with Crippen molar-refractivity contribution in [2.24, 2.45) is 10.7 Å². The molecule has 0 aromatic heterocycles. The summed E-state index contributed by atoms with van der Waals surface area (Å²) in [4.78, 5) is 4.55. The quantitative estimate of drug-likeness (QED) is 0.880. The van der Waals surface area contributed by atoms with Gasteiger partial charge in [0.1, 0.15) is 5.84 Å². The molecule has 1 atom stereocenters. The van der Waals surface area contributed by atoms with Crippen LogP contribution in [0.25, 0.3) is 0 Å². The van der Waals surface area contributed by atoms with E-state index in [0.717, 1.165) is 31.6 Å². The lowest BCUT2D eigenvalue weighted by molar-refractivity contribution is 0.661. The van der Waals surface area contributed by atoms with Gasteiger partial charge in [-0.05, 0) is 48.5 Å². The standard InChI is InChI=1S/C19H22N2/c1-3-7-16-14(4-2)10-11-15-8-5-6-9-17(15)19(16)12-13-21-18(19)20/h3-9H,2,10-13H2,1H3,(H2,20,21)/b7-3-. The predicted molar refractivity (Wildman–Crippen MR) is 89.6 cm³/mol. The van der Waals surface area contributed by atoms with E-state index < -0.39 is 0 Å². The van der Waals surface area contributed by atoms with Crippen LogP contribution in [0.3, 0.4) is 0 Å². The molecule has 0 fully saturated rings. The Morgan fingerprint density at radius 3 is 2.76 bits per heavy atom. The zero-order valence-electron chi connectivity index (χ0n) is 12.6. The van der Waals surface area contributed by atoms with Crippen LogP contribution in [-0.2, 0) is 11.8 Å². The summed E-state index contributed by atoms with van der Waals surface area (Å²) in [6, 6.07) is 8.67. The van der Waals surface area contributed by atoms with Crippen molar-refractivity contribution in [3.05, 3.63) is 71.3 Å². The van der Waals surface area contributed by atoms with Gasteiger partial charge in [-0.2, -0.15) is 0 Å². The molecular formula is C19H22N2. The average molecular weight is 278 g/mol. The van der Waals surface area contributed by atoms with Crippen molar-refractivity contribution in [2.75, 3.05) is 6.54 Å². The van der Waals surface area contributed by atoms with Gasteiger partial charge in [0.15, 0.2) is 0 Å². The minimum absolute atomic E-state index is 0.261. The smallest absolute Gasteiger partial charge is 0.109 e.